The summed E-state index contributed by atoms with van der Waals surface area (Å²) in [6.07, 6.45) is 6.86. The molecule has 1 saturated carbocycles. The fourth-order valence-corrected chi connectivity index (χ4v) is 3.16. The lowest BCUT2D eigenvalue weighted by Crippen LogP contribution is -2.42. The molecule has 0 heterocycles. The van der Waals surface area contributed by atoms with E-state index in [1.165, 1.54) is 6.92 Å². The first-order valence-electron chi connectivity index (χ1n) is 6.71. The van der Waals surface area contributed by atoms with Crippen LogP contribution in [0.2, 0.25) is 0 Å². The third-order valence-corrected chi connectivity index (χ3v) is 4.24. The smallest absolute Gasteiger partial charge is 0.302 e. The molecule has 0 unspecified atom stereocenters. The number of allylic oxidation sites excluding steroid dienone is 4. The van der Waals surface area contributed by atoms with Crippen molar-refractivity contribution in [3.05, 3.63) is 35.5 Å². The molecule has 0 aromatic heterocycles. The fourth-order valence-electron chi connectivity index (χ4n) is 3.16. The molecule has 3 nitrogen and oxygen atoms in total. The number of ketones is 1. The molecule has 0 saturated heterocycles. The van der Waals surface area contributed by atoms with Crippen LogP contribution in [0.15, 0.2) is 35.5 Å². The van der Waals surface area contributed by atoms with Crippen LogP contribution >= 0.6 is 0 Å². The summed E-state index contributed by atoms with van der Waals surface area (Å²) in [7, 11) is 0. The highest BCUT2D eigenvalue weighted by molar-refractivity contribution is 5.90. The second-order valence-electron chi connectivity index (χ2n) is 5.31. The maximum atomic E-state index is 12.4. The predicted molar refractivity (Wildman–Crippen MR) is 73.5 cm³/mol. The quantitative estimate of drug-likeness (QED) is 0.732. The number of carbonyl (C=O) groups is 2. The Kier molecular flexibility index (Phi) is 3.74. The van der Waals surface area contributed by atoms with Gasteiger partial charge in [0.15, 0.2) is 0 Å². The van der Waals surface area contributed by atoms with Crippen LogP contribution in [0.1, 0.15) is 39.5 Å². The summed E-state index contributed by atoms with van der Waals surface area (Å²) in [5.74, 6) is -0.128. The molecule has 0 bridgehead atoms. The zero-order valence-corrected chi connectivity index (χ0v) is 11.6. The molecule has 0 radical (unpaired) electrons. The van der Waals surface area contributed by atoms with Gasteiger partial charge in [0.2, 0.25) is 0 Å². The van der Waals surface area contributed by atoms with Crippen molar-refractivity contribution >= 4 is 11.8 Å². The molecule has 0 amide bonds. The van der Waals surface area contributed by atoms with E-state index in [9.17, 15) is 9.59 Å². The molecule has 19 heavy (non-hydrogen) atoms. The maximum Gasteiger partial charge on any atom is 0.302 e. The van der Waals surface area contributed by atoms with Gasteiger partial charge in [-0.15, -0.1) is 0 Å². The highest BCUT2D eigenvalue weighted by Crippen LogP contribution is 2.47. The number of fused-ring (bicyclic) bond motifs is 1. The second kappa shape index (κ2) is 5.16. The van der Waals surface area contributed by atoms with Gasteiger partial charge in [-0.3, -0.25) is 9.59 Å². The number of hydrogen-bond donors (Lipinski definition) is 0. The van der Waals surface area contributed by atoms with E-state index in [1.54, 1.807) is 0 Å². The summed E-state index contributed by atoms with van der Waals surface area (Å²) in [5.41, 5.74) is 2.76. The number of rotatable bonds is 3. The first kappa shape index (κ1) is 13.8. The Morgan fingerprint density at radius 2 is 2.26 bits per heavy atom. The largest absolute Gasteiger partial charge is 0.464 e. The van der Waals surface area contributed by atoms with Crippen molar-refractivity contribution in [3.63, 3.8) is 0 Å². The highest BCUT2D eigenvalue weighted by Gasteiger charge is 2.46. The standard InChI is InChI=1S/C16H20O3/c1-4-13-8-9-16(10-19-12(3)17)14(11(13)2)6-5-7-15(16)18/h4,8H,1,5-7,9-10H2,2-3H3/t16-/m1/s1. The Bertz CT molecular complexity index is 496. The molecule has 102 valence electrons. The Labute approximate surface area is 114 Å². The average molecular weight is 260 g/mol. The number of esters is 1. The van der Waals surface area contributed by atoms with Crippen molar-refractivity contribution in [1.29, 1.82) is 0 Å². The summed E-state index contributed by atoms with van der Waals surface area (Å²) < 4.78 is 5.18. The van der Waals surface area contributed by atoms with Crippen LogP contribution in [0.5, 0.6) is 0 Å². The van der Waals surface area contributed by atoms with Crippen molar-refractivity contribution in [2.75, 3.05) is 6.61 Å². The van der Waals surface area contributed by atoms with Gasteiger partial charge in [-0.2, -0.15) is 0 Å². The lowest BCUT2D eigenvalue weighted by molar-refractivity contribution is -0.147. The van der Waals surface area contributed by atoms with Gasteiger partial charge >= 0.3 is 5.97 Å². The van der Waals surface area contributed by atoms with Gasteiger partial charge in [-0.05, 0) is 42.9 Å². The molecule has 0 N–H and O–H groups in total. The van der Waals surface area contributed by atoms with E-state index in [4.69, 9.17) is 4.74 Å². The van der Waals surface area contributed by atoms with Gasteiger partial charge in [-0.1, -0.05) is 18.7 Å². The van der Waals surface area contributed by atoms with Crippen molar-refractivity contribution in [3.8, 4) is 0 Å². The molecule has 1 fully saturated rings. The molecule has 2 aliphatic rings. The summed E-state index contributed by atoms with van der Waals surface area (Å²) >= 11 is 0. The van der Waals surface area contributed by atoms with Crippen LogP contribution in [0, 0.1) is 5.41 Å². The van der Waals surface area contributed by atoms with Gasteiger partial charge in [0, 0.05) is 13.3 Å². The topological polar surface area (TPSA) is 43.4 Å². The Hall–Kier alpha value is -1.64. The molecule has 0 aliphatic heterocycles. The summed E-state index contributed by atoms with van der Waals surface area (Å²) in [6, 6.07) is 0. The van der Waals surface area contributed by atoms with Crippen molar-refractivity contribution in [2.24, 2.45) is 5.41 Å². The van der Waals surface area contributed by atoms with Crippen LogP contribution in [0.4, 0.5) is 0 Å². The van der Waals surface area contributed by atoms with Crippen molar-refractivity contribution < 1.29 is 14.3 Å². The number of ether oxygens (including phenoxy) is 1. The lowest BCUT2D eigenvalue weighted by Gasteiger charge is -2.41. The minimum Gasteiger partial charge on any atom is -0.464 e. The van der Waals surface area contributed by atoms with Gasteiger partial charge in [0.05, 0.1) is 5.41 Å². The molecule has 0 aromatic rings. The molecular weight excluding hydrogens is 240 g/mol. The first-order chi connectivity index (χ1) is 9.01. The first-order valence-corrected chi connectivity index (χ1v) is 6.71. The fraction of sp³-hybridized carbons (Fsp3) is 0.500. The van der Waals surface area contributed by atoms with Crippen molar-refractivity contribution in [1.82, 2.24) is 0 Å². The minimum atomic E-state index is -0.611. The monoisotopic (exact) mass is 260 g/mol. The van der Waals surface area contributed by atoms with Crippen LogP contribution in [-0.4, -0.2) is 18.4 Å². The van der Waals surface area contributed by atoms with E-state index in [0.29, 0.717) is 12.8 Å². The number of hydrogen-bond acceptors (Lipinski definition) is 3. The SMILES string of the molecule is C=CC1=CC[C@]2(COC(C)=O)C(=O)CCCC2=C1C. The zero-order chi connectivity index (χ0) is 14.0. The summed E-state index contributed by atoms with van der Waals surface area (Å²) in [5, 5.41) is 0. The molecule has 2 aliphatic carbocycles. The lowest BCUT2D eigenvalue weighted by atomic mass is 9.63. The molecule has 3 heteroatoms. The molecule has 0 spiro atoms. The minimum absolute atomic E-state index is 0.175. The summed E-state index contributed by atoms with van der Waals surface area (Å²) in [4.78, 5) is 23.5. The molecule has 2 rings (SSSR count). The molecule has 0 aromatic carbocycles. The van der Waals surface area contributed by atoms with E-state index >= 15 is 0 Å². The van der Waals surface area contributed by atoms with Crippen LogP contribution in [0.25, 0.3) is 0 Å². The third kappa shape index (κ3) is 2.29. The van der Waals surface area contributed by atoms with E-state index in [-0.39, 0.29) is 18.4 Å². The Balaban J connectivity index is 2.41. The van der Waals surface area contributed by atoms with Crippen LogP contribution in [-0.2, 0) is 14.3 Å². The van der Waals surface area contributed by atoms with E-state index in [0.717, 1.165) is 29.6 Å². The second-order valence-corrected chi connectivity index (χ2v) is 5.31. The van der Waals surface area contributed by atoms with Crippen LogP contribution in [0.3, 0.4) is 0 Å². The zero-order valence-electron chi connectivity index (χ0n) is 11.6. The van der Waals surface area contributed by atoms with E-state index < -0.39 is 5.41 Å². The van der Waals surface area contributed by atoms with Gasteiger partial charge in [0.25, 0.3) is 0 Å². The Morgan fingerprint density at radius 3 is 2.89 bits per heavy atom. The molecular formula is C16H20O3. The predicted octanol–water partition coefficient (Wildman–Crippen LogP) is 3.12. The highest BCUT2D eigenvalue weighted by atomic mass is 16.5. The van der Waals surface area contributed by atoms with Gasteiger partial charge in [-0.25, -0.2) is 0 Å². The Morgan fingerprint density at radius 1 is 1.53 bits per heavy atom. The third-order valence-electron chi connectivity index (χ3n) is 4.24. The van der Waals surface area contributed by atoms with Crippen LogP contribution < -0.4 is 0 Å². The normalized spacial score (nSPS) is 26.6. The van der Waals surface area contributed by atoms with E-state index in [1.807, 2.05) is 19.1 Å². The molecule has 1 atom stereocenters. The average Bonchev–Trinajstić information content (AvgIpc) is 2.38. The number of carbonyl (C=O) groups excluding carboxylic acids is 2. The van der Waals surface area contributed by atoms with E-state index in [2.05, 4.69) is 6.58 Å². The summed E-state index contributed by atoms with van der Waals surface area (Å²) in [6.45, 7) is 7.40. The van der Waals surface area contributed by atoms with Crippen molar-refractivity contribution in [2.45, 2.75) is 39.5 Å². The maximum absolute atomic E-state index is 12.4. The van der Waals surface area contributed by atoms with Gasteiger partial charge < -0.3 is 4.74 Å². The number of Topliss-reactive ketones (excluding diaryl/α,β-unsaturated/α-hetero) is 1. The van der Waals surface area contributed by atoms with Gasteiger partial charge in [0.1, 0.15) is 12.4 Å².